The number of likely N-dealkylation sites (N-methyl/N-ethyl adjacent to an activating group) is 1. The van der Waals surface area contributed by atoms with Gasteiger partial charge in [0.1, 0.15) is 17.7 Å². The number of esters is 1. The summed E-state index contributed by atoms with van der Waals surface area (Å²) >= 11 is 0. The molecule has 1 rings (SSSR count). The normalized spacial score (nSPS) is 11.4. The van der Waals surface area contributed by atoms with Crippen LogP contribution < -0.4 is 5.32 Å². The first-order valence-electron chi connectivity index (χ1n) is 4.93. The summed E-state index contributed by atoms with van der Waals surface area (Å²) in [5.74, 6) is 1.24. The molecular weight excluding hydrogens is 222 g/mol. The second-order valence-corrected chi connectivity index (χ2v) is 3.31. The number of methoxy groups -OCH3 is 1. The molecule has 1 aromatic carbocycles. The molecule has 0 radical (unpaired) electrons. The molecule has 1 aromatic rings. The van der Waals surface area contributed by atoms with Gasteiger partial charge in [0.15, 0.2) is 0 Å². The molecule has 17 heavy (non-hydrogen) atoms. The van der Waals surface area contributed by atoms with E-state index < -0.39 is 12.0 Å². The van der Waals surface area contributed by atoms with Crippen molar-refractivity contribution in [2.24, 2.45) is 0 Å². The third-order valence-corrected chi connectivity index (χ3v) is 2.30. The predicted molar refractivity (Wildman–Crippen MR) is 62.1 cm³/mol. The second kappa shape index (κ2) is 5.84. The quantitative estimate of drug-likeness (QED) is 0.582. The Hall–Kier alpha value is -2.10. The van der Waals surface area contributed by atoms with E-state index in [0.29, 0.717) is 5.56 Å². The van der Waals surface area contributed by atoms with E-state index in [0.717, 1.165) is 0 Å². The Balaban J connectivity index is 3.11. The number of hydrogen-bond donors (Lipinski definition) is 2. The Bertz CT molecular complexity index is 446. The van der Waals surface area contributed by atoms with E-state index in [-0.39, 0.29) is 11.3 Å². The number of ether oxygens (including phenoxy) is 1. The van der Waals surface area contributed by atoms with Gasteiger partial charge in [-0.05, 0) is 24.7 Å². The van der Waals surface area contributed by atoms with Crippen LogP contribution in [0.5, 0.6) is 5.75 Å². The zero-order valence-corrected chi connectivity index (χ0v) is 9.56. The van der Waals surface area contributed by atoms with Gasteiger partial charge in [0.05, 0.1) is 12.7 Å². The highest BCUT2D eigenvalue weighted by atomic mass is 16.5. The van der Waals surface area contributed by atoms with E-state index in [4.69, 9.17) is 5.11 Å². The van der Waals surface area contributed by atoms with Gasteiger partial charge in [-0.2, -0.15) is 0 Å². The number of carbonyl (C=O) groups excluding carboxylic acids is 2. The summed E-state index contributed by atoms with van der Waals surface area (Å²) in [6, 6.07) is 5.04. The molecule has 0 saturated carbocycles. The lowest BCUT2D eigenvalue weighted by Crippen LogP contribution is -2.36. The number of carbonyl (C=O) groups is 1. The maximum atomic E-state index is 11.4. The fraction of sp³-hybridized carbons (Fsp3) is 0.250. The highest BCUT2D eigenvalue weighted by molar-refractivity contribution is 6.01. The fourth-order valence-electron chi connectivity index (χ4n) is 1.42. The lowest BCUT2D eigenvalue weighted by molar-refractivity contribution is -0.141. The molecule has 0 bridgehead atoms. The van der Waals surface area contributed by atoms with Crippen molar-refractivity contribution in [3.05, 3.63) is 29.8 Å². The molecule has 0 amide bonds. The van der Waals surface area contributed by atoms with Crippen LogP contribution in [-0.2, 0) is 14.3 Å². The van der Waals surface area contributed by atoms with Crippen LogP contribution in [0.15, 0.2) is 24.3 Å². The van der Waals surface area contributed by atoms with Gasteiger partial charge in [-0.1, -0.05) is 12.1 Å². The zero-order valence-electron chi connectivity index (χ0n) is 9.56. The predicted octanol–water partition coefficient (Wildman–Crippen LogP) is 0.368. The minimum absolute atomic E-state index is 0.0816. The Kier molecular flexibility index (Phi) is 4.46. The highest BCUT2D eigenvalue weighted by Crippen LogP contribution is 2.19. The zero-order chi connectivity index (χ0) is 12.8. The monoisotopic (exact) mass is 235 g/mol. The number of aromatic hydroxyl groups is 1. The van der Waals surface area contributed by atoms with Crippen LogP contribution in [0, 0.1) is 0 Å². The van der Waals surface area contributed by atoms with Crippen LogP contribution in [0.2, 0.25) is 0 Å². The van der Waals surface area contributed by atoms with Gasteiger partial charge in [0, 0.05) is 0 Å². The topological polar surface area (TPSA) is 75.6 Å². The molecule has 0 saturated heterocycles. The van der Waals surface area contributed by atoms with Crippen LogP contribution in [0.4, 0.5) is 0 Å². The van der Waals surface area contributed by atoms with Crippen molar-refractivity contribution in [2.45, 2.75) is 6.04 Å². The minimum atomic E-state index is -0.873. The average Bonchev–Trinajstić information content (AvgIpc) is 2.36. The smallest absolute Gasteiger partial charge is 0.328 e. The fourth-order valence-corrected chi connectivity index (χ4v) is 1.42. The van der Waals surface area contributed by atoms with E-state index in [1.807, 2.05) is 0 Å². The van der Waals surface area contributed by atoms with Crippen molar-refractivity contribution in [1.29, 1.82) is 0 Å². The Morgan fingerprint density at radius 2 is 2.00 bits per heavy atom. The molecule has 1 unspecified atom stereocenters. The standard InChI is InChI=1S/C12H13NO4/c1-13-11(12(16)17-2)10(7-14)8-3-5-9(15)6-4-8/h3-6,11,13,15H,1-2H3. The molecule has 1 atom stereocenters. The van der Waals surface area contributed by atoms with E-state index in [2.05, 4.69) is 10.1 Å². The lowest BCUT2D eigenvalue weighted by Gasteiger charge is -2.14. The number of phenolic OH excluding ortho intramolecular Hbond substituents is 1. The number of phenols is 1. The summed E-state index contributed by atoms with van der Waals surface area (Å²) in [5, 5.41) is 11.8. The largest absolute Gasteiger partial charge is 0.508 e. The maximum absolute atomic E-state index is 11.4. The second-order valence-electron chi connectivity index (χ2n) is 3.31. The van der Waals surface area contributed by atoms with E-state index >= 15 is 0 Å². The first kappa shape index (κ1) is 13.0. The van der Waals surface area contributed by atoms with Gasteiger partial charge in [-0.15, -0.1) is 0 Å². The molecule has 0 aliphatic carbocycles. The summed E-state index contributed by atoms with van der Waals surface area (Å²) in [4.78, 5) is 22.4. The summed E-state index contributed by atoms with van der Waals surface area (Å²) < 4.78 is 4.58. The molecule has 5 nitrogen and oxygen atoms in total. The van der Waals surface area contributed by atoms with Crippen molar-refractivity contribution in [3.63, 3.8) is 0 Å². The number of hydrogen-bond acceptors (Lipinski definition) is 5. The molecule has 0 heterocycles. The van der Waals surface area contributed by atoms with Gasteiger partial charge in [-0.25, -0.2) is 9.59 Å². The van der Waals surface area contributed by atoms with Gasteiger partial charge in [0.25, 0.3) is 0 Å². The summed E-state index contributed by atoms with van der Waals surface area (Å²) in [6.07, 6.45) is 0. The molecule has 0 aliphatic heterocycles. The average molecular weight is 235 g/mol. The molecule has 0 spiro atoms. The first-order valence-corrected chi connectivity index (χ1v) is 4.93. The molecule has 90 valence electrons. The minimum Gasteiger partial charge on any atom is -0.508 e. The SMILES string of the molecule is CNC(C(=O)OC)C(=C=O)c1ccc(O)cc1. The maximum Gasteiger partial charge on any atom is 0.328 e. The van der Waals surface area contributed by atoms with Crippen LogP contribution in [0.1, 0.15) is 5.56 Å². The Labute approximate surface area is 98.7 Å². The van der Waals surface area contributed by atoms with Crippen LogP contribution in [0.3, 0.4) is 0 Å². The molecule has 5 heteroatoms. The number of benzene rings is 1. The van der Waals surface area contributed by atoms with Gasteiger partial charge in [-0.3, -0.25) is 0 Å². The van der Waals surface area contributed by atoms with Gasteiger partial charge < -0.3 is 15.2 Å². The van der Waals surface area contributed by atoms with E-state index in [9.17, 15) is 9.59 Å². The lowest BCUT2D eigenvalue weighted by atomic mass is 10.00. The summed E-state index contributed by atoms with van der Waals surface area (Å²) in [5.41, 5.74) is 0.641. The molecule has 2 N–H and O–H groups in total. The number of rotatable bonds is 4. The molecule has 0 aromatic heterocycles. The Morgan fingerprint density at radius 3 is 2.41 bits per heavy atom. The van der Waals surface area contributed by atoms with Crippen molar-refractivity contribution in [1.82, 2.24) is 5.32 Å². The van der Waals surface area contributed by atoms with Crippen molar-refractivity contribution >= 4 is 17.5 Å². The van der Waals surface area contributed by atoms with E-state index in [1.165, 1.54) is 31.4 Å². The van der Waals surface area contributed by atoms with Crippen molar-refractivity contribution in [3.8, 4) is 5.75 Å². The molecular formula is C12H13NO4. The Morgan fingerprint density at radius 1 is 1.41 bits per heavy atom. The van der Waals surface area contributed by atoms with Gasteiger partial charge >= 0.3 is 5.97 Å². The van der Waals surface area contributed by atoms with E-state index in [1.54, 1.807) is 13.0 Å². The third kappa shape index (κ3) is 2.93. The van der Waals surface area contributed by atoms with Crippen LogP contribution >= 0.6 is 0 Å². The highest BCUT2D eigenvalue weighted by Gasteiger charge is 2.24. The number of nitrogens with one attached hydrogen (secondary N) is 1. The van der Waals surface area contributed by atoms with Crippen molar-refractivity contribution < 1.29 is 19.4 Å². The molecule has 0 fully saturated rings. The summed E-state index contributed by atoms with van der Waals surface area (Å²) in [7, 11) is 2.78. The molecule has 0 aliphatic rings. The first-order chi connectivity index (χ1) is 8.13. The van der Waals surface area contributed by atoms with Crippen LogP contribution in [0.25, 0.3) is 5.57 Å². The van der Waals surface area contributed by atoms with Gasteiger partial charge in [0.2, 0.25) is 0 Å². The third-order valence-electron chi connectivity index (χ3n) is 2.30. The van der Waals surface area contributed by atoms with Crippen molar-refractivity contribution in [2.75, 3.05) is 14.2 Å². The summed E-state index contributed by atoms with van der Waals surface area (Å²) in [6.45, 7) is 0. The van der Waals surface area contributed by atoms with Crippen LogP contribution in [-0.4, -0.2) is 37.2 Å².